The molecular formula is C22H30O6. The quantitative estimate of drug-likeness (QED) is 0.542. The maximum Gasteiger partial charge on any atom is 0.332 e. The molecule has 0 bridgehead atoms. The van der Waals surface area contributed by atoms with Gasteiger partial charge < -0.3 is 18.9 Å². The van der Waals surface area contributed by atoms with Gasteiger partial charge in [-0.05, 0) is 60.6 Å². The highest BCUT2D eigenvalue weighted by atomic mass is 16.6. The first-order valence-electron chi connectivity index (χ1n) is 9.44. The summed E-state index contributed by atoms with van der Waals surface area (Å²) >= 11 is 0. The van der Waals surface area contributed by atoms with E-state index in [1.54, 1.807) is 33.1 Å². The fraction of sp³-hybridized carbons (Fsp3) is 0.545. The Labute approximate surface area is 166 Å². The van der Waals surface area contributed by atoms with Crippen LogP contribution in [0.15, 0.2) is 17.7 Å². The molecule has 6 nitrogen and oxygen atoms in total. The van der Waals surface area contributed by atoms with Gasteiger partial charge in [-0.2, -0.15) is 0 Å². The van der Waals surface area contributed by atoms with Gasteiger partial charge in [-0.1, -0.05) is 20.8 Å². The van der Waals surface area contributed by atoms with Crippen LogP contribution in [-0.4, -0.2) is 39.4 Å². The molecule has 1 aliphatic rings. The van der Waals surface area contributed by atoms with Crippen molar-refractivity contribution < 1.29 is 28.5 Å². The highest BCUT2D eigenvalue weighted by Crippen LogP contribution is 2.56. The zero-order chi connectivity index (χ0) is 21.3. The van der Waals surface area contributed by atoms with Crippen molar-refractivity contribution in [2.75, 3.05) is 27.4 Å². The number of hydrogen-bond donors (Lipinski definition) is 0. The second kappa shape index (κ2) is 7.86. The molecule has 6 heteroatoms. The molecule has 28 heavy (non-hydrogen) atoms. The van der Waals surface area contributed by atoms with Crippen LogP contribution < -0.4 is 9.47 Å². The maximum atomic E-state index is 13.4. The summed E-state index contributed by atoms with van der Waals surface area (Å²) in [6.45, 7) is 11.6. The number of carbonyl (C=O) groups excluding carboxylic acids is 2. The summed E-state index contributed by atoms with van der Waals surface area (Å²) in [7, 11) is 3.06. The fourth-order valence-electron chi connectivity index (χ4n) is 4.16. The first kappa shape index (κ1) is 21.8. The van der Waals surface area contributed by atoms with Gasteiger partial charge in [0.1, 0.15) is 0 Å². The molecule has 0 fully saturated rings. The van der Waals surface area contributed by atoms with E-state index in [0.29, 0.717) is 22.6 Å². The Morgan fingerprint density at radius 1 is 0.929 bits per heavy atom. The Kier molecular flexibility index (Phi) is 6.12. The predicted octanol–water partition coefficient (Wildman–Crippen LogP) is 3.90. The van der Waals surface area contributed by atoms with Gasteiger partial charge in [0.15, 0.2) is 11.5 Å². The van der Waals surface area contributed by atoms with Crippen LogP contribution in [0.2, 0.25) is 0 Å². The van der Waals surface area contributed by atoms with E-state index in [-0.39, 0.29) is 13.2 Å². The smallest absolute Gasteiger partial charge is 0.332 e. The van der Waals surface area contributed by atoms with Gasteiger partial charge in [-0.15, -0.1) is 0 Å². The molecule has 0 saturated heterocycles. The normalized spacial score (nSPS) is 15.1. The molecule has 0 aliphatic heterocycles. The number of allylic oxidation sites excluding steroid dienone is 1. The number of ether oxygens (including phenoxy) is 4. The van der Waals surface area contributed by atoms with Gasteiger partial charge >= 0.3 is 11.9 Å². The van der Waals surface area contributed by atoms with E-state index in [2.05, 4.69) is 0 Å². The van der Waals surface area contributed by atoms with Crippen LogP contribution >= 0.6 is 0 Å². The van der Waals surface area contributed by atoms with Crippen molar-refractivity contribution in [1.29, 1.82) is 0 Å². The minimum atomic E-state index is -1.68. The number of esters is 2. The molecule has 0 N–H and O–H groups in total. The van der Waals surface area contributed by atoms with E-state index >= 15 is 0 Å². The summed E-state index contributed by atoms with van der Waals surface area (Å²) in [5.74, 6) is -0.313. The largest absolute Gasteiger partial charge is 0.493 e. The van der Waals surface area contributed by atoms with E-state index in [4.69, 9.17) is 18.9 Å². The highest BCUT2D eigenvalue weighted by Gasteiger charge is 2.61. The van der Waals surface area contributed by atoms with E-state index < -0.39 is 22.8 Å². The van der Waals surface area contributed by atoms with Crippen molar-refractivity contribution in [3.8, 4) is 11.5 Å². The molecule has 2 rings (SSSR count). The molecular weight excluding hydrogens is 360 g/mol. The Hall–Kier alpha value is -2.50. The average Bonchev–Trinajstić information content (AvgIpc) is 2.90. The van der Waals surface area contributed by atoms with E-state index in [9.17, 15) is 9.59 Å². The molecule has 0 heterocycles. The number of hydrogen-bond acceptors (Lipinski definition) is 6. The molecule has 1 aromatic carbocycles. The molecule has 0 amide bonds. The van der Waals surface area contributed by atoms with Gasteiger partial charge in [0.25, 0.3) is 0 Å². The van der Waals surface area contributed by atoms with Crippen LogP contribution in [-0.2, 0) is 24.5 Å². The third-order valence-electron chi connectivity index (χ3n) is 4.99. The molecule has 1 aliphatic carbocycles. The van der Waals surface area contributed by atoms with Crippen molar-refractivity contribution in [2.24, 2.45) is 5.41 Å². The zero-order valence-corrected chi connectivity index (χ0v) is 18.0. The Morgan fingerprint density at radius 3 is 1.79 bits per heavy atom. The number of methoxy groups -OCH3 is 2. The van der Waals surface area contributed by atoms with Crippen LogP contribution in [0.4, 0.5) is 0 Å². The lowest BCUT2D eigenvalue weighted by molar-refractivity contribution is -0.163. The van der Waals surface area contributed by atoms with Gasteiger partial charge in [-0.25, -0.2) is 0 Å². The van der Waals surface area contributed by atoms with E-state index in [1.165, 1.54) is 7.11 Å². The van der Waals surface area contributed by atoms with Crippen molar-refractivity contribution >= 4 is 17.5 Å². The molecule has 0 saturated carbocycles. The molecule has 1 aromatic rings. The zero-order valence-electron chi connectivity index (χ0n) is 18.0. The summed E-state index contributed by atoms with van der Waals surface area (Å²) in [5, 5.41) is 0. The minimum absolute atomic E-state index is 0.152. The lowest BCUT2D eigenvalue weighted by Gasteiger charge is -2.36. The van der Waals surface area contributed by atoms with Crippen molar-refractivity contribution in [3.63, 3.8) is 0 Å². The summed E-state index contributed by atoms with van der Waals surface area (Å²) in [6, 6.07) is 3.49. The second-order valence-electron chi connectivity index (χ2n) is 7.69. The third-order valence-corrected chi connectivity index (χ3v) is 4.99. The Morgan fingerprint density at radius 2 is 1.39 bits per heavy atom. The first-order valence-corrected chi connectivity index (χ1v) is 9.44. The lowest BCUT2D eigenvalue weighted by Crippen LogP contribution is -2.49. The standard InChI is InChI=1S/C22H30O6/c1-9-27-19(23)22(20(24)28-10-2)15-12-17(26-8)16(25-7)11-14(15)13(3)18(22)21(4,5)6/h11-12H,9-10H2,1-8H3. The average molecular weight is 390 g/mol. The summed E-state index contributed by atoms with van der Waals surface area (Å²) in [6.07, 6.45) is 0. The maximum absolute atomic E-state index is 13.4. The van der Waals surface area contributed by atoms with Gasteiger partial charge in [0, 0.05) is 0 Å². The molecule has 0 radical (unpaired) electrons. The number of benzene rings is 1. The van der Waals surface area contributed by atoms with Crippen molar-refractivity contribution in [2.45, 2.75) is 47.0 Å². The topological polar surface area (TPSA) is 71.1 Å². The number of fused-ring (bicyclic) bond motifs is 1. The van der Waals surface area contributed by atoms with Crippen LogP contribution in [0.25, 0.3) is 5.57 Å². The molecule has 0 atom stereocenters. The highest BCUT2D eigenvalue weighted by molar-refractivity contribution is 6.15. The summed E-state index contributed by atoms with van der Waals surface area (Å²) < 4.78 is 21.7. The Balaban J connectivity index is 2.99. The number of rotatable bonds is 6. The van der Waals surface area contributed by atoms with Gasteiger partial charge in [-0.3, -0.25) is 9.59 Å². The van der Waals surface area contributed by atoms with Crippen LogP contribution in [0, 0.1) is 5.41 Å². The van der Waals surface area contributed by atoms with Crippen molar-refractivity contribution in [3.05, 3.63) is 28.8 Å². The molecule has 154 valence electrons. The molecule has 0 unspecified atom stereocenters. The predicted molar refractivity (Wildman–Crippen MR) is 107 cm³/mol. The minimum Gasteiger partial charge on any atom is -0.493 e. The molecule has 0 spiro atoms. The Bertz CT molecular complexity index is 795. The summed E-state index contributed by atoms with van der Waals surface area (Å²) in [5.41, 5.74) is 0.590. The van der Waals surface area contributed by atoms with Crippen LogP contribution in [0.5, 0.6) is 11.5 Å². The fourth-order valence-corrected chi connectivity index (χ4v) is 4.16. The van der Waals surface area contributed by atoms with Gasteiger partial charge in [0.2, 0.25) is 5.41 Å². The third kappa shape index (κ3) is 3.15. The van der Waals surface area contributed by atoms with Gasteiger partial charge in [0.05, 0.1) is 27.4 Å². The van der Waals surface area contributed by atoms with E-state index in [1.807, 2.05) is 27.7 Å². The number of carbonyl (C=O) groups is 2. The van der Waals surface area contributed by atoms with Crippen LogP contribution in [0.3, 0.4) is 0 Å². The lowest BCUT2D eigenvalue weighted by atomic mass is 9.67. The second-order valence-corrected chi connectivity index (χ2v) is 7.69. The first-order chi connectivity index (χ1) is 13.1. The monoisotopic (exact) mass is 390 g/mol. The van der Waals surface area contributed by atoms with Crippen LogP contribution in [0.1, 0.15) is 52.7 Å². The SMILES string of the molecule is CCOC(=O)C1(C(=O)OCC)C(C(C)(C)C)=C(C)c2cc(OC)c(OC)cc21. The summed E-state index contributed by atoms with van der Waals surface area (Å²) in [4.78, 5) is 26.7. The van der Waals surface area contributed by atoms with Crippen molar-refractivity contribution in [1.82, 2.24) is 0 Å². The molecule has 0 aromatic heterocycles. The van der Waals surface area contributed by atoms with E-state index in [0.717, 1.165) is 11.1 Å².